The summed E-state index contributed by atoms with van der Waals surface area (Å²) in [5.74, 6) is 4.21. The second-order valence-electron chi connectivity index (χ2n) is 8.02. The van der Waals surface area contributed by atoms with Crippen LogP contribution in [0.4, 0.5) is 5.82 Å². The molecule has 2 saturated carbocycles. The smallest absolute Gasteiger partial charge is 0.226 e. The van der Waals surface area contributed by atoms with Crippen molar-refractivity contribution in [3.8, 4) is 0 Å². The maximum atomic E-state index is 12.9. The lowest BCUT2D eigenvalue weighted by molar-refractivity contribution is -0.133. The van der Waals surface area contributed by atoms with Crippen LogP contribution in [0.2, 0.25) is 0 Å². The Morgan fingerprint density at radius 2 is 1.92 bits per heavy atom. The SMILES string of the molecule is O=C(C1CC12CCC2)N1CCc2ncnc(N3CCSCC3)c2CC1. The molecule has 1 amide bonds. The molecule has 0 radical (unpaired) electrons. The van der Waals surface area contributed by atoms with Gasteiger partial charge >= 0.3 is 0 Å². The third kappa shape index (κ3) is 2.73. The predicted octanol–water partition coefficient (Wildman–Crippen LogP) is 2.15. The molecule has 1 aromatic heterocycles. The zero-order valence-corrected chi connectivity index (χ0v) is 15.6. The fourth-order valence-corrected chi connectivity index (χ4v) is 5.78. The number of carbonyl (C=O) groups excluding carboxylic acids is 1. The van der Waals surface area contributed by atoms with Crippen molar-refractivity contribution in [2.45, 2.75) is 38.5 Å². The summed E-state index contributed by atoms with van der Waals surface area (Å²) in [6.45, 7) is 3.80. The Bertz CT molecular complexity index is 684. The molecule has 6 heteroatoms. The standard InChI is InChI=1S/C19H26N4OS/c24-18(15-12-19(15)4-1-5-19)23-6-2-14-16(3-7-23)20-13-21-17(14)22-8-10-25-11-9-22/h13,15H,1-12H2. The van der Waals surface area contributed by atoms with Crippen molar-refractivity contribution < 1.29 is 4.79 Å². The molecule has 25 heavy (non-hydrogen) atoms. The number of carbonyl (C=O) groups is 1. The monoisotopic (exact) mass is 358 g/mol. The van der Waals surface area contributed by atoms with Crippen LogP contribution in [0.25, 0.3) is 0 Å². The number of aromatic nitrogens is 2. The molecule has 0 bridgehead atoms. The molecule has 2 aliphatic carbocycles. The van der Waals surface area contributed by atoms with Crippen molar-refractivity contribution in [2.75, 3.05) is 42.6 Å². The van der Waals surface area contributed by atoms with Crippen molar-refractivity contribution >= 4 is 23.5 Å². The highest BCUT2D eigenvalue weighted by atomic mass is 32.2. The number of anilines is 1. The van der Waals surface area contributed by atoms with Gasteiger partial charge in [0.05, 0.1) is 5.69 Å². The van der Waals surface area contributed by atoms with Crippen LogP contribution in [0.15, 0.2) is 6.33 Å². The molecule has 4 aliphatic rings. The minimum absolute atomic E-state index is 0.326. The van der Waals surface area contributed by atoms with Gasteiger partial charge in [0.2, 0.25) is 5.91 Å². The van der Waals surface area contributed by atoms with Crippen LogP contribution in [-0.4, -0.2) is 58.5 Å². The Hall–Kier alpha value is -1.30. The van der Waals surface area contributed by atoms with Gasteiger partial charge in [0.25, 0.3) is 0 Å². The number of thioether (sulfide) groups is 1. The van der Waals surface area contributed by atoms with E-state index in [-0.39, 0.29) is 0 Å². The molecule has 1 unspecified atom stereocenters. The van der Waals surface area contributed by atoms with Gasteiger partial charge in [0.1, 0.15) is 12.1 Å². The Balaban J connectivity index is 1.32. The van der Waals surface area contributed by atoms with Crippen LogP contribution in [0.1, 0.15) is 36.9 Å². The average molecular weight is 359 g/mol. The van der Waals surface area contributed by atoms with Crippen LogP contribution in [0.3, 0.4) is 0 Å². The first kappa shape index (κ1) is 15.9. The molecular weight excluding hydrogens is 332 g/mol. The maximum absolute atomic E-state index is 12.9. The average Bonchev–Trinajstić information content (AvgIpc) is 3.41. The summed E-state index contributed by atoms with van der Waals surface area (Å²) in [7, 11) is 0. The molecule has 3 heterocycles. The van der Waals surface area contributed by atoms with E-state index in [1.165, 1.54) is 36.3 Å². The van der Waals surface area contributed by atoms with E-state index in [9.17, 15) is 4.79 Å². The largest absolute Gasteiger partial charge is 0.355 e. The Kier molecular flexibility index (Phi) is 3.91. The Labute approximate surface area is 153 Å². The molecule has 0 aromatic carbocycles. The molecule has 2 aliphatic heterocycles. The van der Waals surface area contributed by atoms with E-state index in [2.05, 4.69) is 19.8 Å². The van der Waals surface area contributed by atoms with E-state index in [4.69, 9.17) is 0 Å². The molecule has 1 spiro atoms. The first-order valence-corrected chi connectivity index (χ1v) is 10.9. The second kappa shape index (κ2) is 6.15. The number of hydrogen-bond acceptors (Lipinski definition) is 5. The van der Waals surface area contributed by atoms with Gasteiger partial charge in [0.15, 0.2) is 0 Å². The lowest BCUT2D eigenvalue weighted by Gasteiger charge is -2.29. The maximum Gasteiger partial charge on any atom is 0.226 e. The van der Waals surface area contributed by atoms with E-state index < -0.39 is 0 Å². The van der Waals surface area contributed by atoms with E-state index in [1.54, 1.807) is 6.33 Å². The zero-order chi connectivity index (χ0) is 16.9. The highest BCUT2D eigenvalue weighted by Gasteiger charge is 2.61. The van der Waals surface area contributed by atoms with Crippen LogP contribution in [-0.2, 0) is 17.6 Å². The van der Waals surface area contributed by atoms with Crippen molar-refractivity contribution in [3.63, 3.8) is 0 Å². The minimum atomic E-state index is 0.326. The van der Waals surface area contributed by atoms with Gasteiger partial charge in [0, 0.05) is 55.6 Å². The van der Waals surface area contributed by atoms with Crippen LogP contribution >= 0.6 is 11.8 Å². The van der Waals surface area contributed by atoms with E-state index >= 15 is 0 Å². The molecule has 5 nitrogen and oxygen atoms in total. The lowest BCUT2D eigenvalue weighted by atomic mass is 9.79. The van der Waals surface area contributed by atoms with Gasteiger partial charge in [-0.25, -0.2) is 9.97 Å². The van der Waals surface area contributed by atoms with Crippen molar-refractivity contribution in [1.29, 1.82) is 0 Å². The fraction of sp³-hybridized carbons (Fsp3) is 0.737. The van der Waals surface area contributed by atoms with E-state index in [1.807, 2.05) is 11.8 Å². The van der Waals surface area contributed by atoms with Crippen LogP contribution in [0.5, 0.6) is 0 Å². The zero-order valence-electron chi connectivity index (χ0n) is 14.7. The van der Waals surface area contributed by atoms with Gasteiger partial charge < -0.3 is 9.80 Å². The summed E-state index contributed by atoms with van der Waals surface area (Å²) >= 11 is 2.02. The van der Waals surface area contributed by atoms with Gasteiger partial charge in [-0.15, -0.1) is 0 Å². The molecule has 0 N–H and O–H groups in total. The number of amides is 1. The highest BCUT2D eigenvalue weighted by Crippen LogP contribution is 2.65. The van der Waals surface area contributed by atoms with E-state index in [0.717, 1.165) is 57.0 Å². The van der Waals surface area contributed by atoms with Gasteiger partial charge in [-0.3, -0.25) is 4.79 Å². The molecule has 1 atom stereocenters. The highest BCUT2D eigenvalue weighted by molar-refractivity contribution is 7.99. The summed E-state index contributed by atoms with van der Waals surface area (Å²) < 4.78 is 0. The number of nitrogens with zero attached hydrogens (tertiary/aromatic N) is 4. The molecular formula is C19H26N4OS. The first-order valence-electron chi connectivity index (χ1n) is 9.71. The van der Waals surface area contributed by atoms with Gasteiger partial charge in [-0.2, -0.15) is 11.8 Å². The van der Waals surface area contributed by atoms with E-state index in [0.29, 0.717) is 17.2 Å². The van der Waals surface area contributed by atoms with Crippen molar-refractivity contribution in [3.05, 3.63) is 17.6 Å². The first-order chi connectivity index (χ1) is 12.3. The summed E-state index contributed by atoms with van der Waals surface area (Å²) in [6, 6.07) is 0. The minimum Gasteiger partial charge on any atom is -0.355 e. The van der Waals surface area contributed by atoms with Crippen molar-refractivity contribution in [1.82, 2.24) is 14.9 Å². The second-order valence-corrected chi connectivity index (χ2v) is 9.24. The molecule has 3 fully saturated rings. The number of rotatable bonds is 2. The summed E-state index contributed by atoms with van der Waals surface area (Å²) in [6.07, 6.45) is 8.52. The summed E-state index contributed by atoms with van der Waals surface area (Å²) in [5, 5.41) is 0. The summed E-state index contributed by atoms with van der Waals surface area (Å²) in [5.41, 5.74) is 2.87. The Morgan fingerprint density at radius 3 is 2.64 bits per heavy atom. The summed E-state index contributed by atoms with van der Waals surface area (Å²) in [4.78, 5) is 26.7. The normalized spacial score (nSPS) is 27.4. The Morgan fingerprint density at radius 1 is 1.12 bits per heavy atom. The third-order valence-electron chi connectivity index (χ3n) is 6.72. The number of fused-ring (bicyclic) bond motifs is 1. The number of hydrogen-bond donors (Lipinski definition) is 0. The lowest BCUT2D eigenvalue weighted by Crippen LogP contribution is -2.37. The van der Waals surface area contributed by atoms with Gasteiger partial charge in [-0.1, -0.05) is 6.42 Å². The topological polar surface area (TPSA) is 49.3 Å². The third-order valence-corrected chi connectivity index (χ3v) is 7.66. The van der Waals surface area contributed by atoms with Crippen LogP contribution < -0.4 is 4.90 Å². The van der Waals surface area contributed by atoms with Crippen molar-refractivity contribution in [2.24, 2.45) is 11.3 Å². The predicted molar refractivity (Wildman–Crippen MR) is 99.9 cm³/mol. The molecule has 1 aromatic rings. The molecule has 134 valence electrons. The molecule has 5 rings (SSSR count). The fourth-order valence-electron chi connectivity index (χ4n) is 4.88. The van der Waals surface area contributed by atoms with Crippen LogP contribution in [0, 0.1) is 11.3 Å². The molecule has 1 saturated heterocycles. The quantitative estimate of drug-likeness (QED) is 0.811. The van der Waals surface area contributed by atoms with Gasteiger partial charge in [-0.05, 0) is 31.1 Å².